The lowest BCUT2D eigenvalue weighted by molar-refractivity contribution is -0.423. The van der Waals surface area contributed by atoms with E-state index in [0.29, 0.717) is 0 Å². The zero-order valence-corrected chi connectivity index (χ0v) is 12.8. The van der Waals surface area contributed by atoms with Gasteiger partial charge < -0.3 is 5.11 Å². The van der Waals surface area contributed by atoms with Crippen LogP contribution in [0.1, 0.15) is 18.1 Å². The van der Waals surface area contributed by atoms with Gasteiger partial charge in [-0.05, 0) is 17.7 Å². The van der Waals surface area contributed by atoms with Crippen molar-refractivity contribution in [2.75, 3.05) is 0 Å². The largest absolute Gasteiger partial charge is 0.460 e. The first kappa shape index (κ1) is 22.7. The van der Waals surface area contributed by atoms with Crippen LogP contribution in [0.3, 0.4) is 0 Å². The lowest BCUT2D eigenvalue weighted by Gasteiger charge is -2.37. The highest BCUT2D eigenvalue weighted by molar-refractivity contribution is 6.30. The lowest BCUT2D eigenvalue weighted by Crippen LogP contribution is -2.66. The van der Waals surface area contributed by atoms with Crippen LogP contribution in [0, 0.1) is 0 Å². The van der Waals surface area contributed by atoms with Crippen molar-refractivity contribution < 1.29 is 53.4 Å². The van der Waals surface area contributed by atoms with Crippen molar-refractivity contribution in [1.29, 1.82) is 0 Å². The second-order valence-electron chi connectivity index (χ2n) is 5.20. The van der Waals surface area contributed by atoms with Gasteiger partial charge in [-0.2, -0.15) is 48.3 Å². The molecule has 1 unspecified atom stereocenters. The van der Waals surface area contributed by atoms with Gasteiger partial charge >= 0.3 is 29.9 Å². The van der Waals surface area contributed by atoms with Crippen LogP contribution in [0.15, 0.2) is 24.3 Å². The van der Waals surface area contributed by atoms with Crippen molar-refractivity contribution in [3.8, 4) is 0 Å². The van der Waals surface area contributed by atoms with E-state index < -0.39 is 48.0 Å². The molecule has 1 atom stereocenters. The monoisotopic (exact) mass is 424 g/mol. The molecule has 1 nitrogen and oxygen atoms in total. The molecule has 0 heterocycles. The van der Waals surface area contributed by atoms with Crippen molar-refractivity contribution in [1.82, 2.24) is 0 Å². The molecular weight excluding hydrogens is 417 g/mol. The van der Waals surface area contributed by atoms with Gasteiger partial charge in [0, 0.05) is 11.4 Å². The highest BCUT2D eigenvalue weighted by Crippen LogP contribution is 2.58. The van der Waals surface area contributed by atoms with Crippen LogP contribution in [0.2, 0.25) is 5.02 Å². The van der Waals surface area contributed by atoms with E-state index in [1.54, 1.807) is 0 Å². The number of aliphatic hydroxyl groups is 1. The topological polar surface area (TPSA) is 20.2 Å². The third-order valence-corrected chi connectivity index (χ3v) is 3.52. The van der Waals surface area contributed by atoms with E-state index in [-0.39, 0.29) is 5.02 Å². The summed E-state index contributed by atoms with van der Waals surface area (Å²) in [5, 5.41) is 9.27. The maximum Gasteiger partial charge on any atom is 0.460 e. The lowest BCUT2D eigenvalue weighted by atomic mass is 9.92. The Kier molecular flexibility index (Phi) is 5.86. The minimum Gasteiger partial charge on any atom is -0.388 e. The third-order valence-electron chi connectivity index (χ3n) is 3.29. The summed E-state index contributed by atoms with van der Waals surface area (Å²) in [4.78, 5) is 0. The number of rotatable bonds is 6. The molecule has 0 amide bonds. The zero-order chi connectivity index (χ0) is 20.8. The third kappa shape index (κ3) is 3.71. The van der Waals surface area contributed by atoms with E-state index in [0.717, 1.165) is 18.2 Å². The van der Waals surface area contributed by atoms with Crippen LogP contribution in [-0.4, -0.2) is 35.0 Å². The van der Waals surface area contributed by atoms with E-state index in [1.807, 2.05) is 0 Å². The number of alkyl halides is 11. The summed E-state index contributed by atoms with van der Waals surface area (Å²) in [6.07, 6.45) is -12.4. The Labute approximate surface area is 143 Å². The number of hydrogen-bond acceptors (Lipinski definition) is 1. The normalized spacial score (nSPS) is 15.9. The summed E-state index contributed by atoms with van der Waals surface area (Å²) in [5.74, 6) is -28.2. The van der Waals surface area contributed by atoms with Crippen LogP contribution < -0.4 is 0 Å². The standard InChI is InChI=1S/C13H8ClF11O/c14-7-3-1-2-6(4-7)8(26)5-9(15,16)10(17,18)11(19,20)12(21,22)13(23,24)25/h1-4,8,26H,5H2. The molecule has 150 valence electrons. The van der Waals surface area contributed by atoms with E-state index in [9.17, 15) is 53.4 Å². The van der Waals surface area contributed by atoms with Gasteiger partial charge in [0.1, 0.15) is 0 Å². The highest BCUT2D eigenvalue weighted by atomic mass is 35.5. The average molecular weight is 425 g/mol. The fraction of sp³-hybridized carbons (Fsp3) is 0.538. The molecule has 0 saturated carbocycles. The van der Waals surface area contributed by atoms with Crippen LogP contribution in [0.4, 0.5) is 48.3 Å². The van der Waals surface area contributed by atoms with Gasteiger partial charge in [-0.1, -0.05) is 23.7 Å². The molecule has 1 aromatic carbocycles. The first-order chi connectivity index (χ1) is 11.4. The second-order valence-corrected chi connectivity index (χ2v) is 5.64. The first-order valence-electron chi connectivity index (χ1n) is 6.40. The maximum atomic E-state index is 13.5. The molecule has 0 saturated heterocycles. The highest BCUT2D eigenvalue weighted by Gasteiger charge is 2.87. The van der Waals surface area contributed by atoms with Gasteiger partial charge in [-0.3, -0.25) is 0 Å². The smallest absolute Gasteiger partial charge is 0.388 e. The molecule has 0 radical (unpaired) electrons. The molecular formula is C13H8ClF11O. The second kappa shape index (κ2) is 6.70. The summed E-state index contributed by atoms with van der Waals surface area (Å²) < 4.78 is 141. The Bertz CT molecular complexity index is 641. The first-order valence-corrected chi connectivity index (χ1v) is 6.78. The molecule has 26 heavy (non-hydrogen) atoms. The molecule has 0 aliphatic heterocycles. The maximum absolute atomic E-state index is 13.5. The quantitative estimate of drug-likeness (QED) is 0.567. The summed E-state index contributed by atoms with van der Waals surface area (Å²) in [6.45, 7) is 0. The predicted molar refractivity (Wildman–Crippen MR) is 66.9 cm³/mol. The summed E-state index contributed by atoms with van der Waals surface area (Å²) in [7, 11) is 0. The van der Waals surface area contributed by atoms with E-state index in [4.69, 9.17) is 11.6 Å². The fourth-order valence-corrected chi connectivity index (χ4v) is 2.01. The number of benzene rings is 1. The number of hydrogen-bond donors (Lipinski definition) is 1. The van der Waals surface area contributed by atoms with Gasteiger partial charge in [0.05, 0.1) is 6.10 Å². The summed E-state index contributed by atoms with van der Waals surface area (Å²) in [5.41, 5.74) is -0.570. The van der Waals surface area contributed by atoms with E-state index >= 15 is 0 Å². The Balaban J connectivity index is 3.23. The summed E-state index contributed by atoms with van der Waals surface area (Å²) >= 11 is 5.44. The molecule has 1 rings (SSSR count). The molecule has 0 aliphatic carbocycles. The van der Waals surface area contributed by atoms with Crippen molar-refractivity contribution in [2.24, 2.45) is 0 Å². The number of aliphatic hydroxyl groups excluding tert-OH is 1. The Morgan fingerprint density at radius 1 is 0.808 bits per heavy atom. The molecule has 0 aliphatic rings. The average Bonchev–Trinajstić information content (AvgIpc) is 2.44. The molecule has 0 fully saturated rings. The van der Waals surface area contributed by atoms with Gasteiger partial charge in [-0.25, -0.2) is 0 Å². The number of halogens is 12. The van der Waals surface area contributed by atoms with Crippen molar-refractivity contribution in [3.05, 3.63) is 34.9 Å². The molecule has 0 bridgehead atoms. The van der Waals surface area contributed by atoms with Crippen molar-refractivity contribution >= 4 is 11.6 Å². The van der Waals surface area contributed by atoms with Gasteiger partial charge in [0.15, 0.2) is 0 Å². The Hall–Kier alpha value is -1.30. The minimum atomic E-state index is -7.49. The predicted octanol–water partition coefficient (Wildman–Crippen LogP) is 5.87. The molecule has 13 heteroatoms. The summed E-state index contributed by atoms with van der Waals surface area (Å²) in [6, 6.07) is 3.88. The Morgan fingerprint density at radius 2 is 1.31 bits per heavy atom. The van der Waals surface area contributed by atoms with Gasteiger partial charge in [-0.15, -0.1) is 0 Å². The molecule has 0 aromatic heterocycles. The SMILES string of the molecule is OC(CC(F)(F)C(F)(F)C(F)(F)C(F)(F)C(F)(F)F)c1cccc(Cl)c1. The van der Waals surface area contributed by atoms with Crippen molar-refractivity contribution in [2.45, 2.75) is 42.4 Å². The van der Waals surface area contributed by atoms with Crippen LogP contribution in [0.5, 0.6) is 0 Å². The van der Waals surface area contributed by atoms with Crippen LogP contribution >= 0.6 is 11.6 Å². The van der Waals surface area contributed by atoms with E-state index in [1.165, 1.54) is 6.07 Å². The minimum absolute atomic E-state index is 0.175. The molecule has 1 aromatic rings. The van der Waals surface area contributed by atoms with Crippen LogP contribution in [0.25, 0.3) is 0 Å². The molecule has 0 spiro atoms. The molecule has 1 N–H and O–H groups in total. The zero-order valence-electron chi connectivity index (χ0n) is 12.1. The van der Waals surface area contributed by atoms with E-state index in [2.05, 4.69) is 0 Å². The van der Waals surface area contributed by atoms with Gasteiger partial charge in [0.2, 0.25) is 0 Å². The van der Waals surface area contributed by atoms with Crippen LogP contribution in [-0.2, 0) is 0 Å². The fourth-order valence-electron chi connectivity index (χ4n) is 1.81. The Morgan fingerprint density at radius 3 is 1.73 bits per heavy atom. The van der Waals surface area contributed by atoms with Crippen molar-refractivity contribution in [3.63, 3.8) is 0 Å². The van der Waals surface area contributed by atoms with Gasteiger partial charge in [0.25, 0.3) is 0 Å².